The largest absolute Gasteiger partial charge is 0.467 e. The molecular formula is C17H18BrFN4O3. The molecule has 0 saturated heterocycles. The third-order valence-corrected chi connectivity index (χ3v) is 4.83. The van der Waals surface area contributed by atoms with Crippen molar-refractivity contribution in [3.63, 3.8) is 0 Å². The summed E-state index contributed by atoms with van der Waals surface area (Å²) in [6.07, 6.45) is 2.09. The van der Waals surface area contributed by atoms with Gasteiger partial charge >= 0.3 is 12.0 Å². The number of amides is 2. The van der Waals surface area contributed by atoms with Crippen LogP contribution in [0.1, 0.15) is 29.9 Å². The lowest BCUT2D eigenvalue weighted by molar-refractivity contribution is -0.142. The molecule has 0 aliphatic carbocycles. The van der Waals surface area contributed by atoms with Crippen LogP contribution in [0.3, 0.4) is 0 Å². The fourth-order valence-corrected chi connectivity index (χ4v) is 3.37. The van der Waals surface area contributed by atoms with Gasteiger partial charge in [0, 0.05) is 28.7 Å². The van der Waals surface area contributed by atoms with Gasteiger partial charge in [0.25, 0.3) is 0 Å². The minimum absolute atomic E-state index is 0.335. The monoisotopic (exact) mass is 424 g/mol. The number of imidazole rings is 1. The van der Waals surface area contributed by atoms with E-state index >= 15 is 0 Å². The second-order valence-electron chi connectivity index (χ2n) is 5.97. The molecule has 2 aromatic rings. The van der Waals surface area contributed by atoms with Crippen molar-refractivity contribution >= 4 is 27.9 Å². The van der Waals surface area contributed by atoms with Crippen molar-refractivity contribution in [2.45, 2.75) is 25.4 Å². The van der Waals surface area contributed by atoms with Gasteiger partial charge in [0.1, 0.15) is 17.9 Å². The molecule has 0 bridgehead atoms. The summed E-state index contributed by atoms with van der Waals surface area (Å²) in [6, 6.07) is 2.70. The van der Waals surface area contributed by atoms with E-state index in [9.17, 15) is 14.0 Å². The zero-order chi connectivity index (χ0) is 18.8. The van der Waals surface area contributed by atoms with Gasteiger partial charge in [0.2, 0.25) is 0 Å². The number of aromatic nitrogens is 2. The van der Waals surface area contributed by atoms with Crippen LogP contribution < -0.4 is 5.32 Å². The number of nitrogens with zero attached hydrogens (tertiary/aromatic N) is 2. The molecular weight excluding hydrogens is 407 g/mol. The molecule has 138 valence electrons. The predicted molar refractivity (Wildman–Crippen MR) is 95.0 cm³/mol. The number of benzene rings is 1. The van der Waals surface area contributed by atoms with E-state index in [1.807, 2.05) is 0 Å². The molecule has 2 atom stereocenters. The smallest absolute Gasteiger partial charge is 0.328 e. The Balaban J connectivity index is 1.96. The number of carbonyl (C=O) groups is 2. The Labute approximate surface area is 158 Å². The second kappa shape index (κ2) is 7.45. The number of fused-ring (bicyclic) bond motifs is 1. The Morgan fingerprint density at radius 2 is 2.27 bits per heavy atom. The van der Waals surface area contributed by atoms with Gasteiger partial charge in [0.05, 0.1) is 19.1 Å². The average Bonchev–Trinajstić information content (AvgIpc) is 3.09. The van der Waals surface area contributed by atoms with Crippen LogP contribution >= 0.6 is 15.9 Å². The fourth-order valence-electron chi connectivity index (χ4n) is 3.04. The number of urea groups is 1. The van der Waals surface area contributed by atoms with Gasteiger partial charge in [0.15, 0.2) is 0 Å². The SMILES string of the molecule is COC(=O)[C@@H](C)NC(=O)N1CCc2[nH]cnc2[C@@H]1c1ccc(Br)cc1F. The zero-order valence-electron chi connectivity index (χ0n) is 14.3. The van der Waals surface area contributed by atoms with Crippen molar-refractivity contribution in [3.8, 4) is 0 Å². The molecule has 0 fully saturated rings. The molecule has 1 aromatic carbocycles. The Morgan fingerprint density at radius 3 is 2.96 bits per heavy atom. The summed E-state index contributed by atoms with van der Waals surface area (Å²) in [4.78, 5) is 33.2. The molecule has 3 rings (SSSR count). The van der Waals surface area contributed by atoms with E-state index in [2.05, 4.69) is 36.0 Å². The van der Waals surface area contributed by atoms with Gasteiger partial charge in [-0.3, -0.25) is 0 Å². The number of hydrogen-bond donors (Lipinski definition) is 2. The molecule has 7 nitrogen and oxygen atoms in total. The standard InChI is InChI=1S/C17H18BrFN4O3/c1-9(16(24)26-2)22-17(25)23-6-5-13-14(21-8-20-13)15(23)11-4-3-10(18)7-12(11)19/h3-4,7-9,15H,5-6H2,1-2H3,(H,20,21)(H,22,25)/t9-,15+/m1/s1. The minimum Gasteiger partial charge on any atom is -0.467 e. The molecule has 0 spiro atoms. The molecule has 1 aliphatic heterocycles. The summed E-state index contributed by atoms with van der Waals surface area (Å²) in [5.74, 6) is -0.999. The van der Waals surface area contributed by atoms with Crippen LogP contribution in [0.25, 0.3) is 0 Å². The lowest BCUT2D eigenvalue weighted by Crippen LogP contribution is -2.50. The number of hydrogen-bond acceptors (Lipinski definition) is 4. The number of carbonyl (C=O) groups excluding carboxylic acids is 2. The highest BCUT2D eigenvalue weighted by atomic mass is 79.9. The van der Waals surface area contributed by atoms with Crippen molar-refractivity contribution in [3.05, 3.63) is 51.8 Å². The predicted octanol–water partition coefficient (Wildman–Crippen LogP) is 2.53. The maximum atomic E-state index is 14.6. The first-order chi connectivity index (χ1) is 12.4. The molecule has 2 N–H and O–H groups in total. The number of H-pyrrole nitrogens is 1. The second-order valence-corrected chi connectivity index (χ2v) is 6.89. The van der Waals surface area contributed by atoms with E-state index < -0.39 is 29.9 Å². The van der Waals surface area contributed by atoms with Crippen LogP contribution in [0.4, 0.5) is 9.18 Å². The van der Waals surface area contributed by atoms with Crippen molar-refractivity contribution in [1.29, 1.82) is 0 Å². The van der Waals surface area contributed by atoms with Crippen LogP contribution in [0, 0.1) is 5.82 Å². The maximum Gasteiger partial charge on any atom is 0.328 e. The van der Waals surface area contributed by atoms with Gasteiger partial charge in [-0.15, -0.1) is 0 Å². The number of methoxy groups -OCH3 is 1. The van der Waals surface area contributed by atoms with Gasteiger partial charge < -0.3 is 19.9 Å². The fraction of sp³-hybridized carbons (Fsp3) is 0.353. The van der Waals surface area contributed by atoms with E-state index in [1.54, 1.807) is 12.1 Å². The lowest BCUT2D eigenvalue weighted by atomic mass is 9.95. The van der Waals surface area contributed by atoms with E-state index in [0.29, 0.717) is 28.7 Å². The van der Waals surface area contributed by atoms with Gasteiger partial charge in [-0.25, -0.2) is 19.0 Å². The van der Waals surface area contributed by atoms with Crippen LogP contribution in [-0.4, -0.2) is 46.6 Å². The number of rotatable bonds is 3. The van der Waals surface area contributed by atoms with Gasteiger partial charge in [-0.05, 0) is 19.1 Å². The van der Waals surface area contributed by atoms with E-state index in [0.717, 1.165) is 5.69 Å². The molecule has 0 saturated carbocycles. The summed E-state index contributed by atoms with van der Waals surface area (Å²) in [7, 11) is 1.25. The molecule has 1 aromatic heterocycles. The summed E-state index contributed by atoms with van der Waals surface area (Å²) < 4.78 is 19.9. The average molecular weight is 425 g/mol. The molecule has 9 heteroatoms. The van der Waals surface area contributed by atoms with E-state index in [4.69, 9.17) is 0 Å². The summed E-state index contributed by atoms with van der Waals surface area (Å²) in [5.41, 5.74) is 1.79. The molecule has 26 heavy (non-hydrogen) atoms. The Kier molecular flexibility index (Phi) is 5.26. The topological polar surface area (TPSA) is 87.3 Å². The van der Waals surface area contributed by atoms with Crippen LogP contribution in [0.15, 0.2) is 29.0 Å². The first-order valence-corrected chi connectivity index (χ1v) is 8.83. The van der Waals surface area contributed by atoms with E-state index in [-0.39, 0.29) is 0 Å². The Morgan fingerprint density at radius 1 is 1.50 bits per heavy atom. The van der Waals surface area contributed by atoms with Crippen molar-refractivity contribution in [1.82, 2.24) is 20.2 Å². The van der Waals surface area contributed by atoms with Crippen LogP contribution in [0.5, 0.6) is 0 Å². The first kappa shape index (κ1) is 18.4. The third kappa shape index (κ3) is 3.44. The molecule has 0 unspecified atom stereocenters. The molecule has 2 heterocycles. The van der Waals surface area contributed by atoms with Crippen molar-refractivity contribution < 1.29 is 18.7 Å². The number of ether oxygens (including phenoxy) is 1. The third-order valence-electron chi connectivity index (χ3n) is 4.34. The highest BCUT2D eigenvalue weighted by Gasteiger charge is 2.36. The van der Waals surface area contributed by atoms with Crippen LogP contribution in [-0.2, 0) is 16.0 Å². The van der Waals surface area contributed by atoms with Gasteiger partial charge in [-0.2, -0.15) is 0 Å². The Bertz CT molecular complexity index is 841. The minimum atomic E-state index is -0.816. The summed E-state index contributed by atoms with van der Waals surface area (Å²) in [5, 5.41) is 2.60. The number of esters is 1. The zero-order valence-corrected chi connectivity index (χ0v) is 15.8. The number of halogens is 2. The van der Waals surface area contributed by atoms with Gasteiger partial charge in [-0.1, -0.05) is 22.0 Å². The lowest BCUT2D eigenvalue weighted by Gasteiger charge is -2.35. The van der Waals surface area contributed by atoms with Crippen LogP contribution in [0.2, 0.25) is 0 Å². The number of nitrogens with one attached hydrogen (secondary N) is 2. The van der Waals surface area contributed by atoms with Crippen molar-refractivity contribution in [2.75, 3.05) is 13.7 Å². The summed E-state index contributed by atoms with van der Waals surface area (Å²) >= 11 is 3.24. The summed E-state index contributed by atoms with van der Waals surface area (Å²) in [6.45, 7) is 1.89. The first-order valence-electron chi connectivity index (χ1n) is 8.04. The van der Waals surface area contributed by atoms with Crippen molar-refractivity contribution in [2.24, 2.45) is 0 Å². The Hall–Kier alpha value is -2.42. The molecule has 0 radical (unpaired) electrons. The van der Waals surface area contributed by atoms with E-state index in [1.165, 1.54) is 31.3 Å². The quantitative estimate of drug-likeness (QED) is 0.741. The number of aromatic amines is 1. The normalized spacial score (nSPS) is 17.4. The molecule has 2 amide bonds. The highest BCUT2D eigenvalue weighted by Crippen LogP contribution is 2.35. The highest BCUT2D eigenvalue weighted by molar-refractivity contribution is 9.10. The maximum absolute atomic E-state index is 14.6. The molecule has 1 aliphatic rings.